The summed E-state index contributed by atoms with van der Waals surface area (Å²) < 4.78 is 6.08. The first-order valence-electron chi connectivity index (χ1n) is 6.08. The Balaban J connectivity index is 2.40. The molecule has 1 aliphatic rings. The normalized spacial score (nSPS) is 22.4. The van der Waals surface area contributed by atoms with Gasteiger partial charge in [0.2, 0.25) is 0 Å². The van der Waals surface area contributed by atoms with E-state index < -0.39 is 0 Å². The monoisotopic (exact) mass is 220 g/mol. The van der Waals surface area contributed by atoms with Crippen molar-refractivity contribution in [2.24, 2.45) is 0 Å². The Morgan fingerprint density at radius 3 is 2.69 bits per heavy atom. The lowest BCUT2D eigenvalue weighted by molar-refractivity contribution is -0.0196. The fourth-order valence-electron chi connectivity index (χ4n) is 2.44. The van der Waals surface area contributed by atoms with Gasteiger partial charge in [-0.1, -0.05) is 25.5 Å². The van der Waals surface area contributed by atoms with E-state index in [1.165, 1.54) is 5.56 Å². The lowest BCUT2D eigenvalue weighted by Crippen LogP contribution is -2.39. The van der Waals surface area contributed by atoms with Gasteiger partial charge in [-0.05, 0) is 31.9 Å². The molecule has 0 fully saturated rings. The van der Waals surface area contributed by atoms with E-state index in [4.69, 9.17) is 4.74 Å². The molecule has 0 radical (unpaired) electrons. The van der Waals surface area contributed by atoms with Crippen LogP contribution in [0.15, 0.2) is 18.2 Å². The second-order valence-electron chi connectivity index (χ2n) is 4.75. The molecular weight excluding hydrogens is 200 g/mol. The van der Waals surface area contributed by atoms with Gasteiger partial charge in [0, 0.05) is 12.0 Å². The van der Waals surface area contributed by atoms with Crippen molar-refractivity contribution in [1.82, 2.24) is 0 Å². The van der Waals surface area contributed by atoms with Crippen molar-refractivity contribution in [1.29, 1.82) is 0 Å². The molecule has 0 saturated heterocycles. The van der Waals surface area contributed by atoms with E-state index in [0.717, 1.165) is 24.2 Å². The first-order valence-corrected chi connectivity index (χ1v) is 6.08. The van der Waals surface area contributed by atoms with Gasteiger partial charge < -0.3 is 9.84 Å². The predicted octanol–water partition coefficient (Wildman–Crippen LogP) is 3.37. The Bertz CT molecular complexity index is 380. The van der Waals surface area contributed by atoms with E-state index in [-0.39, 0.29) is 11.7 Å². The van der Waals surface area contributed by atoms with E-state index in [2.05, 4.69) is 13.8 Å². The van der Waals surface area contributed by atoms with Crippen LogP contribution in [0.2, 0.25) is 0 Å². The maximum atomic E-state index is 10.2. The zero-order valence-electron chi connectivity index (χ0n) is 10.3. The van der Waals surface area contributed by atoms with Gasteiger partial charge in [0.15, 0.2) is 0 Å². The molecule has 1 N–H and O–H groups in total. The van der Waals surface area contributed by atoms with Crippen LogP contribution >= 0.6 is 0 Å². The minimum atomic E-state index is -0.386. The van der Waals surface area contributed by atoms with Crippen LogP contribution in [0, 0.1) is 6.92 Å². The number of benzene rings is 1. The molecule has 0 saturated carbocycles. The van der Waals surface area contributed by atoms with Crippen molar-refractivity contribution in [2.45, 2.75) is 51.7 Å². The van der Waals surface area contributed by atoms with Crippen molar-refractivity contribution in [3.05, 3.63) is 29.3 Å². The Kier molecular flexibility index (Phi) is 2.94. The number of hydrogen-bond acceptors (Lipinski definition) is 2. The van der Waals surface area contributed by atoms with Gasteiger partial charge in [0.1, 0.15) is 11.4 Å². The number of ether oxygens (including phenoxy) is 1. The number of aliphatic hydroxyl groups is 1. The van der Waals surface area contributed by atoms with Crippen molar-refractivity contribution in [3.8, 4) is 5.75 Å². The molecule has 1 aliphatic heterocycles. The number of aliphatic hydroxyl groups excluding tert-OH is 1. The maximum Gasteiger partial charge on any atom is 0.125 e. The third-order valence-corrected chi connectivity index (χ3v) is 3.70. The van der Waals surface area contributed by atoms with Crippen LogP contribution in [0.5, 0.6) is 5.75 Å². The highest BCUT2D eigenvalue weighted by Gasteiger charge is 2.37. The smallest absolute Gasteiger partial charge is 0.125 e. The standard InChI is InChI=1S/C14H20O2/c1-4-14(5-2)9-12(15)11-8-10(3)6-7-13(11)16-14/h6-8,12,15H,4-5,9H2,1-3H3/t12-/m1/s1. The topological polar surface area (TPSA) is 29.5 Å². The summed E-state index contributed by atoms with van der Waals surface area (Å²) in [6.45, 7) is 6.28. The van der Waals surface area contributed by atoms with Crippen LogP contribution in [-0.4, -0.2) is 10.7 Å². The number of fused-ring (bicyclic) bond motifs is 1. The minimum absolute atomic E-state index is 0.179. The predicted molar refractivity (Wildman–Crippen MR) is 64.7 cm³/mol. The first-order chi connectivity index (χ1) is 7.60. The molecule has 2 heteroatoms. The summed E-state index contributed by atoms with van der Waals surface area (Å²) in [4.78, 5) is 0. The van der Waals surface area contributed by atoms with E-state index in [1.54, 1.807) is 0 Å². The van der Waals surface area contributed by atoms with Gasteiger partial charge in [-0.3, -0.25) is 0 Å². The molecule has 0 amide bonds. The summed E-state index contributed by atoms with van der Waals surface area (Å²) >= 11 is 0. The highest BCUT2D eigenvalue weighted by Crippen LogP contribution is 2.42. The van der Waals surface area contributed by atoms with E-state index in [9.17, 15) is 5.11 Å². The molecule has 1 atom stereocenters. The summed E-state index contributed by atoms with van der Waals surface area (Å²) in [5.41, 5.74) is 1.93. The van der Waals surface area contributed by atoms with Crippen LogP contribution in [0.3, 0.4) is 0 Å². The Morgan fingerprint density at radius 2 is 2.06 bits per heavy atom. The molecule has 16 heavy (non-hydrogen) atoms. The van der Waals surface area contributed by atoms with E-state index in [1.807, 2.05) is 25.1 Å². The van der Waals surface area contributed by atoms with E-state index >= 15 is 0 Å². The molecule has 1 aromatic rings. The number of hydrogen-bond donors (Lipinski definition) is 1. The van der Waals surface area contributed by atoms with Crippen LogP contribution < -0.4 is 4.74 Å². The first kappa shape index (κ1) is 11.5. The maximum absolute atomic E-state index is 10.2. The lowest BCUT2D eigenvalue weighted by atomic mass is 9.84. The van der Waals surface area contributed by atoms with Crippen molar-refractivity contribution < 1.29 is 9.84 Å². The summed E-state index contributed by atoms with van der Waals surface area (Å²) in [7, 11) is 0. The third-order valence-electron chi connectivity index (χ3n) is 3.70. The Morgan fingerprint density at radius 1 is 1.38 bits per heavy atom. The molecular formula is C14H20O2. The SMILES string of the molecule is CCC1(CC)C[C@@H](O)c2cc(C)ccc2O1. The van der Waals surface area contributed by atoms with Crippen molar-refractivity contribution in [2.75, 3.05) is 0 Å². The van der Waals surface area contributed by atoms with E-state index in [0.29, 0.717) is 6.42 Å². The van der Waals surface area contributed by atoms with Crippen LogP contribution in [-0.2, 0) is 0 Å². The third kappa shape index (κ3) is 1.82. The molecule has 0 unspecified atom stereocenters. The Labute approximate surface area is 97.3 Å². The van der Waals surface area contributed by atoms with Gasteiger partial charge in [0.05, 0.1) is 6.10 Å². The molecule has 0 aliphatic carbocycles. The molecule has 0 bridgehead atoms. The largest absolute Gasteiger partial charge is 0.487 e. The zero-order valence-corrected chi connectivity index (χ0v) is 10.3. The van der Waals surface area contributed by atoms with Crippen molar-refractivity contribution in [3.63, 3.8) is 0 Å². The highest BCUT2D eigenvalue weighted by molar-refractivity contribution is 5.40. The van der Waals surface area contributed by atoms with Gasteiger partial charge in [-0.2, -0.15) is 0 Å². The molecule has 2 rings (SSSR count). The molecule has 88 valence electrons. The second-order valence-corrected chi connectivity index (χ2v) is 4.75. The minimum Gasteiger partial charge on any atom is -0.487 e. The van der Waals surface area contributed by atoms with Gasteiger partial charge in [-0.15, -0.1) is 0 Å². The fraction of sp³-hybridized carbons (Fsp3) is 0.571. The Hall–Kier alpha value is -1.02. The second kappa shape index (κ2) is 4.10. The number of rotatable bonds is 2. The highest BCUT2D eigenvalue weighted by atomic mass is 16.5. The van der Waals surface area contributed by atoms with Gasteiger partial charge in [-0.25, -0.2) is 0 Å². The molecule has 1 aromatic carbocycles. The van der Waals surface area contributed by atoms with Crippen molar-refractivity contribution >= 4 is 0 Å². The lowest BCUT2D eigenvalue weighted by Gasteiger charge is -2.40. The quantitative estimate of drug-likeness (QED) is 0.828. The summed E-state index contributed by atoms with van der Waals surface area (Å²) in [5.74, 6) is 0.855. The van der Waals surface area contributed by atoms with Crippen LogP contribution in [0.25, 0.3) is 0 Å². The number of aryl methyl sites for hydroxylation is 1. The molecule has 0 spiro atoms. The average Bonchev–Trinajstić information content (AvgIpc) is 2.30. The average molecular weight is 220 g/mol. The summed E-state index contributed by atoms with van der Waals surface area (Å²) in [6.07, 6.45) is 2.20. The summed E-state index contributed by atoms with van der Waals surface area (Å²) in [5, 5.41) is 10.2. The zero-order chi connectivity index (χ0) is 11.8. The van der Waals surface area contributed by atoms with Crippen LogP contribution in [0.1, 0.15) is 50.3 Å². The van der Waals surface area contributed by atoms with Gasteiger partial charge in [0.25, 0.3) is 0 Å². The van der Waals surface area contributed by atoms with Gasteiger partial charge >= 0.3 is 0 Å². The molecule has 2 nitrogen and oxygen atoms in total. The summed E-state index contributed by atoms with van der Waals surface area (Å²) in [6, 6.07) is 6.04. The van der Waals surface area contributed by atoms with Crippen LogP contribution in [0.4, 0.5) is 0 Å². The molecule has 0 aromatic heterocycles. The fourth-order valence-corrected chi connectivity index (χ4v) is 2.44. The molecule has 1 heterocycles.